The summed E-state index contributed by atoms with van der Waals surface area (Å²) >= 11 is 0. The lowest BCUT2D eigenvalue weighted by atomic mass is 9.84. The molecule has 3 aromatic rings. The Labute approximate surface area is 160 Å². The van der Waals surface area contributed by atoms with Crippen LogP contribution in [0.1, 0.15) is 43.2 Å². The zero-order valence-corrected chi connectivity index (χ0v) is 16.8. The molecule has 1 aromatic carbocycles. The fourth-order valence-electron chi connectivity index (χ4n) is 3.61. The van der Waals surface area contributed by atoms with Gasteiger partial charge >= 0.3 is 0 Å². The van der Waals surface area contributed by atoms with Crippen LogP contribution in [0, 0.1) is 20.8 Å². The first-order chi connectivity index (χ1) is 12.8. The number of nitrogens with zero attached hydrogens (tertiary/aromatic N) is 3. The van der Waals surface area contributed by atoms with E-state index < -0.39 is 0 Å². The van der Waals surface area contributed by atoms with Crippen LogP contribution in [0.2, 0.25) is 0 Å². The highest BCUT2D eigenvalue weighted by molar-refractivity contribution is 5.87. The van der Waals surface area contributed by atoms with E-state index in [2.05, 4.69) is 67.7 Å². The molecule has 0 spiro atoms. The molecule has 2 aromatic heterocycles. The first-order valence-corrected chi connectivity index (χ1v) is 9.27. The van der Waals surface area contributed by atoms with Crippen molar-refractivity contribution in [2.45, 2.75) is 47.0 Å². The molecule has 0 radical (unpaired) electrons. The van der Waals surface area contributed by atoms with Crippen LogP contribution in [0.4, 0.5) is 17.1 Å². The van der Waals surface area contributed by atoms with E-state index >= 15 is 0 Å². The van der Waals surface area contributed by atoms with E-state index in [1.807, 2.05) is 25.3 Å². The topological polar surface area (TPSA) is 38.3 Å². The monoisotopic (exact) mass is 359 g/mol. The molecule has 0 atom stereocenters. The van der Waals surface area contributed by atoms with Crippen LogP contribution in [-0.4, -0.2) is 9.97 Å². The molecule has 0 saturated heterocycles. The largest absolute Gasteiger partial charge is 0.435 e. The number of fused-ring (bicyclic) bond motifs is 2. The van der Waals surface area contributed by atoms with Crippen LogP contribution >= 0.6 is 0 Å². The minimum Gasteiger partial charge on any atom is -0.435 e. The SMILES string of the molecule is Cc1ccc2c(n1)Oc1ccncc1N2c1c(C)cc(C(C)(C)C)cc1C. The zero-order chi connectivity index (χ0) is 19.3. The van der Waals surface area contributed by atoms with Crippen LogP contribution in [0.15, 0.2) is 42.7 Å². The molecule has 1 aliphatic heterocycles. The zero-order valence-electron chi connectivity index (χ0n) is 16.8. The predicted molar refractivity (Wildman–Crippen MR) is 110 cm³/mol. The lowest BCUT2D eigenvalue weighted by molar-refractivity contribution is 0.455. The Hall–Kier alpha value is -2.88. The van der Waals surface area contributed by atoms with E-state index in [1.165, 1.54) is 16.7 Å². The average molecular weight is 359 g/mol. The van der Waals surface area contributed by atoms with Crippen molar-refractivity contribution in [3.8, 4) is 11.6 Å². The van der Waals surface area contributed by atoms with Gasteiger partial charge in [-0.15, -0.1) is 0 Å². The molecule has 0 fully saturated rings. The summed E-state index contributed by atoms with van der Waals surface area (Å²) in [6.45, 7) is 13.1. The summed E-state index contributed by atoms with van der Waals surface area (Å²) in [5.74, 6) is 1.40. The molecule has 0 N–H and O–H groups in total. The minimum atomic E-state index is 0.106. The number of rotatable bonds is 1. The fourth-order valence-corrected chi connectivity index (χ4v) is 3.61. The summed E-state index contributed by atoms with van der Waals surface area (Å²) in [5, 5.41) is 0. The standard InChI is InChI=1S/C23H25N3O/c1-14-11-17(23(4,5)6)12-15(2)21(14)26-18-8-7-16(3)25-22(18)27-20-9-10-24-13-19(20)26/h7-13H,1-6H3. The maximum Gasteiger partial charge on any atom is 0.244 e. The maximum atomic E-state index is 6.07. The Morgan fingerprint density at radius 3 is 2.30 bits per heavy atom. The van der Waals surface area contributed by atoms with Gasteiger partial charge in [0.25, 0.3) is 0 Å². The van der Waals surface area contributed by atoms with Gasteiger partial charge in [0.2, 0.25) is 5.88 Å². The number of aryl methyl sites for hydroxylation is 3. The van der Waals surface area contributed by atoms with E-state index in [0.29, 0.717) is 5.88 Å². The van der Waals surface area contributed by atoms with E-state index in [9.17, 15) is 0 Å². The first-order valence-electron chi connectivity index (χ1n) is 9.27. The molecule has 0 saturated carbocycles. The van der Waals surface area contributed by atoms with Gasteiger partial charge in [-0.05, 0) is 55.0 Å². The van der Waals surface area contributed by atoms with Gasteiger partial charge in [0.05, 0.1) is 11.9 Å². The Bertz CT molecular complexity index is 1010. The van der Waals surface area contributed by atoms with Crippen LogP contribution in [0.3, 0.4) is 0 Å². The number of benzene rings is 1. The highest BCUT2D eigenvalue weighted by Gasteiger charge is 2.29. The molecule has 4 rings (SSSR count). The van der Waals surface area contributed by atoms with Crippen molar-refractivity contribution in [1.82, 2.24) is 9.97 Å². The Morgan fingerprint density at radius 2 is 1.63 bits per heavy atom. The normalized spacial score (nSPS) is 13.0. The van der Waals surface area contributed by atoms with Crippen LogP contribution in [0.25, 0.3) is 0 Å². The van der Waals surface area contributed by atoms with E-state index in [1.54, 1.807) is 6.20 Å². The summed E-state index contributed by atoms with van der Waals surface area (Å²) in [6, 6.07) is 10.6. The van der Waals surface area contributed by atoms with Gasteiger partial charge in [-0.2, -0.15) is 0 Å². The molecular weight excluding hydrogens is 334 g/mol. The lowest BCUT2D eigenvalue weighted by Gasteiger charge is -2.34. The first kappa shape index (κ1) is 17.5. The predicted octanol–water partition coefficient (Wildman–Crippen LogP) is 6.27. The van der Waals surface area contributed by atoms with Crippen molar-refractivity contribution in [2.24, 2.45) is 0 Å². The van der Waals surface area contributed by atoms with E-state index in [0.717, 1.165) is 28.5 Å². The van der Waals surface area contributed by atoms with Gasteiger partial charge in [-0.1, -0.05) is 32.9 Å². The van der Waals surface area contributed by atoms with Gasteiger partial charge < -0.3 is 9.64 Å². The summed E-state index contributed by atoms with van der Waals surface area (Å²) in [4.78, 5) is 11.2. The molecule has 0 aliphatic carbocycles. The van der Waals surface area contributed by atoms with Crippen molar-refractivity contribution in [3.05, 3.63) is 65.1 Å². The van der Waals surface area contributed by atoms with Gasteiger partial charge in [0.15, 0.2) is 5.75 Å². The maximum absolute atomic E-state index is 6.07. The number of hydrogen-bond acceptors (Lipinski definition) is 4. The molecule has 3 heterocycles. The Balaban J connectivity index is 1.97. The number of pyridine rings is 2. The second kappa shape index (κ2) is 6.08. The van der Waals surface area contributed by atoms with Crippen LogP contribution < -0.4 is 9.64 Å². The molecule has 27 heavy (non-hydrogen) atoms. The number of aromatic nitrogens is 2. The molecule has 1 aliphatic rings. The van der Waals surface area contributed by atoms with E-state index in [4.69, 9.17) is 4.74 Å². The summed E-state index contributed by atoms with van der Waals surface area (Å²) < 4.78 is 6.07. The number of hydrogen-bond donors (Lipinski definition) is 0. The van der Waals surface area contributed by atoms with Gasteiger partial charge in [0.1, 0.15) is 11.4 Å². The average Bonchev–Trinajstić information content (AvgIpc) is 2.59. The van der Waals surface area contributed by atoms with Crippen molar-refractivity contribution in [3.63, 3.8) is 0 Å². The highest BCUT2D eigenvalue weighted by Crippen LogP contribution is 2.51. The number of anilines is 3. The van der Waals surface area contributed by atoms with Crippen molar-refractivity contribution >= 4 is 17.1 Å². The number of ether oxygens (including phenoxy) is 1. The van der Waals surface area contributed by atoms with E-state index in [-0.39, 0.29) is 5.41 Å². The molecular formula is C23H25N3O. The molecule has 138 valence electrons. The molecule has 0 unspecified atom stereocenters. The van der Waals surface area contributed by atoms with Gasteiger partial charge in [0, 0.05) is 18.0 Å². The highest BCUT2D eigenvalue weighted by atomic mass is 16.5. The molecule has 4 heteroatoms. The lowest BCUT2D eigenvalue weighted by Crippen LogP contribution is -2.20. The van der Waals surface area contributed by atoms with Gasteiger partial charge in [-0.25, -0.2) is 4.98 Å². The summed E-state index contributed by atoms with van der Waals surface area (Å²) in [5.41, 5.74) is 7.86. The third-order valence-electron chi connectivity index (χ3n) is 5.01. The molecule has 0 bridgehead atoms. The molecule has 0 amide bonds. The van der Waals surface area contributed by atoms with Crippen LogP contribution in [-0.2, 0) is 5.41 Å². The summed E-state index contributed by atoms with van der Waals surface area (Å²) in [6.07, 6.45) is 3.61. The molecule has 4 nitrogen and oxygen atoms in total. The second-order valence-corrected chi connectivity index (χ2v) is 8.27. The third-order valence-corrected chi connectivity index (χ3v) is 5.01. The Morgan fingerprint density at radius 1 is 0.926 bits per heavy atom. The smallest absolute Gasteiger partial charge is 0.244 e. The quantitative estimate of drug-likeness (QED) is 0.401. The van der Waals surface area contributed by atoms with Crippen molar-refractivity contribution in [1.29, 1.82) is 0 Å². The minimum absolute atomic E-state index is 0.106. The van der Waals surface area contributed by atoms with Crippen molar-refractivity contribution < 1.29 is 4.74 Å². The Kier molecular flexibility index (Phi) is 3.95. The van der Waals surface area contributed by atoms with Crippen molar-refractivity contribution in [2.75, 3.05) is 4.90 Å². The van der Waals surface area contributed by atoms with Gasteiger partial charge in [-0.3, -0.25) is 4.98 Å². The summed E-state index contributed by atoms with van der Waals surface area (Å²) in [7, 11) is 0. The second-order valence-electron chi connectivity index (χ2n) is 8.27. The van der Waals surface area contributed by atoms with Crippen LogP contribution in [0.5, 0.6) is 11.6 Å². The fraction of sp³-hybridized carbons (Fsp3) is 0.304. The third kappa shape index (κ3) is 2.95.